The largest absolute Gasteiger partial charge is 0.481 e. The molecule has 1 aromatic rings. The third-order valence-electron chi connectivity index (χ3n) is 1.41. The van der Waals surface area contributed by atoms with Gasteiger partial charge in [0.1, 0.15) is 0 Å². The van der Waals surface area contributed by atoms with Crippen molar-refractivity contribution in [2.45, 2.75) is 12.3 Å². The summed E-state index contributed by atoms with van der Waals surface area (Å²) in [6, 6.07) is 3.52. The van der Waals surface area contributed by atoms with E-state index in [1.165, 1.54) is 11.3 Å². The molecular formula is C8H7O3S. The second-order valence-corrected chi connectivity index (χ2v) is 3.26. The molecule has 1 radical (unpaired) electrons. The number of thiophene rings is 1. The Morgan fingerprint density at radius 2 is 2.50 bits per heavy atom. The molecule has 0 aliphatic carbocycles. The molecule has 1 atom stereocenters. The van der Waals surface area contributed by atoms with Crippen molar-refractivity contribution in [3.05, 3.63) is 22.4 Å². The van der Waals surface area contributed by atoms with Crippen molar-refractivity contribution in [1.29, 1.82) is 0 Å². The molecule has 0 spiro atoms. The smallest absolute Gasteiger partial charge is 0.304 e. The molecule has 0 amide bonds. The zero-order valence-electron chi connectivity index (χ0n) is 6.19. The lowest BCUT2D eigenvalue weighted by Crippen LogP contribution is -2.05. The average Bonchev–Trinajstić information content (AvgIpc) is 2.51. The highest BCUT2D eigenvalue weighted by Crippen LogP contribution is 2.22. The molecule has 63 valence electrons. The van der Waals surface area contributed by atoms with E-state index in [1.54, 1.807) is 18.4 Å². The topological polar surface area (TPSA) is 54.4 Å². The van der Waals surface area contributed by atoms with E-state index in [9.17, 15) is 9.59 Å². The fourth-order valence-corrected chi connectivity index (χ4v) is 1.63. The molecule has 1 heterocycles. The van der Waals surface area contributed by atoms with Crippen molar-refractivity contribution >= 4 is 23.6 Å². The normalized spacial score (nSPS) is 12.3. The zero-order chi connectivity index (χ0) is 8.97. The maximum absolute atomic E-state index is 10.4. The van der Waals surface area contributed by atoms with Crippen molar-refractivity contribution < 1.29 is 14.7 Å². The molecule has 1 N–H and O–H groups in total. The Balaban J connectivity index is 2.69. The van der Waals surface area contributed by atoms with Gasteiger partial charge in [0.25, 0.3) is 0 Å². The second kappa shape index (κ2) is 4.01. The first kappa shape index (κ1) is 8.93. The molecule has 0 fully saturated rings. The monoisotopic (exact) mass is 183 g/mol. The minimum absolute atomic E-state index is 0.177. The van der Waals surface area contributed by atoms with Gasteiger partial charge >= 0.3 is 5.97 Å². The molecule has 0 saturated carbocycles. The van der Waals surface area contributed by atoms with Gasteiger partial charge in [-0.15, -0.1) is 11.3 Å². The van der Waals surface area contributed by atoms with Crippen LogP contribution in [0.5, 0.6) is 0 Å². The van der Waals surface area contributed by atoms with Crippen LogP contribution in [0.25, 0.3) is 0 Å². The number of aliphatic carboxylic acids is 1. The van der Waals surface area contributed by atoms with Gasteiger partial charge in [-0.2, -0.15) is 0 Å². The predicted octanol–water partition coefficient (Wildman–Crippen LogP) is 1.42. The quantitative estimate of drug-likeness (QED) is 0.767. The molecule has 0 aliphatic rings. The van der Waals surface area contributed by atoms with E-state index < -0.39 is 11.9 Å². The first-order chi connectivity index (χ1) is 5.74. The molecule has 1 unspecified atom stereocenters. The number of carboxylic acids is 1. The van der Waals surface area contributed by atoms with E-state index >= 15 is 0 Å². The zero-order valence-corrected chi connectivity index (χ0v) is 7.00. The van der Waals surface area contributed by atoms with Crippen LogP contribution >= 0.6 is 11.3 Å². The van der Waals surface area contributed by atoms with Gasteiger partial charge in [-0.1, -0.05) is 6.07 Å². The Bertz CT molecular complexity index is 266. The van der Waals surface area contributed by atoms with Gasteiger partial charge in [-0.25, -0.2) is 0 Å². The van der Waals surface area contributed by atoms with Gasteiger partial charge in [0, 0.05) is 4.88 Å². The summed E-state index contributed by atoms with van der Waals surface area (Å²) in [5, 5.41) is 10.2. The van der Waals surface area contributed by atoms with E-state index in [0.29, 0.717) is 0 Å². The summed E-state index contributed by atoms with van der Waals surface area (Å²) in [5.41, 5.74) is 0. The van der Waals surface area contributed by atoms with Crippen molar-refractivity contribution in [1.82, 2.24) is 0 Å². The Hall–Kier alpha value is -1.16. The number of hydrogen-bond donors (Lipinski definition) is 1. The van der Waals surface area contributed by atoms with Crippen LogP contribution in [0.15, 0.2) is 17.5 Å². The number of carboxylic acid groups (broad SMARTS) is 1. The Morgan fingerprint density at radius 3 is 2.92 bits per heavy atom. The van der Waals surface area contributed by atoms with E-state index in [0.717, 1.165) is 4.88 Å². The molecule has 1 aromatic heterocycles. The fourth-order valence-electron chi connectivity index (χ4n) is 0.865. The summed E-state index contributed by atoms with van der Waals surface area (Å²) in [6.07, 6.45) is 1.54. The lowest BCUT2D eigenvalue weighted by molar-refractivity contribution is -0.137. The number of hydrogen-bond acceptors (Lipinski definition) is 3. The maximum Gasteiger partial charge on any atom is 0.304 e. The molecular weight excluding hydrogens is 176 g/mol. The molecule has 0 aromatic carbocycles. The summed E-state index contributed by atoms with van der Waals surface area (Å²) >= 11 is 1.37. The third kappa shape index (κ3) is 2.17. The van der Waals surface area contributed by atoms with Crippen molar-refractivity contribution in [3.63, 3.8) is 0 Å². The summed E-state index contributed by atoms with van der Waals surface area (Å²) in [7, 11) is 0. The van der Waals surface area contributed by atoms with Gasteiger partial charge < -0.3 is 5.11 Å². The Kier molecular flexibility index (Phi) is 2.99. The first-order valence-electron chi connectivity index (χ1n) is 3.37. The fraction of sp³-hybridized carbons (Fsp3) is 0.250. The van der Waals surface area contributed by atoms with Gasteiger partial charge in [0.15, 0.2) is 0 Å². The molecule has 0 aliphatic heterocycles. The van der Waals surface area contributed by atoms with Crippen LogP contribution in [0, 0.1) is 0 Å². The molecule has 3 nitrogen and oxygen atoms in total. The number of rotatable bonds is 4. The Morgan fingerprint density at radius 1 is 1.75 bits per heavy atom. The molecule has 1 rings (SSSR count). The number of carbonyl (C=O) groups is 1. The highest BCUT2D eigenvalue weighted by atomic mass is 32.1. The minimum Gasteiger partial charge on any atom is -0.481 e. The van der Waals surface area contributed by atoms with Crippen molar-refractivity contribution in [2.24, 2.45) is 0 Å². The van der Waals surface area contributed by atoms with Crippen molar-refractivity contribution in [3.8, 4) is 0 Å². The molecule has 4 heteroatoms. The average molecular weight is 183 g/mol. The van der Waals surface area contributed by atoms with Crippen LogP contribution in [0.2, 0.25) is 0 Å². The first-order valence-corrected chi connectivity index (χ1v) is 4.25. The maximum atomic E-state index is 10.4. The van der Waals surface area contributed by atoms with Gasteiger partial charge in [-0.05, 0) is 11.4 Å². The van der Waals surface area contributed by atoms with Gasteiger partial charge in [-0.3, -0.25) is 9.59 Å². The summed E-state index contributed by atoms with van der Waals surface area (Å²) in [5.74, 6) is -1.58. The molecule has 0 bridgehead atoms. The standard InChI is InChI=1S/C8H7O3S/c9-5-6(4-8(10)11)7-2-1-3-12-7/h1-3,6H,4H2,(H,10,11). The SMILES string of the molecule is O=[C]C(CC(=O)O)c1cccs1. The molecule has 12 heavy (non-hydrogen) atoms. The highest BCUT2D eigenvalue weighted by Gasteiger charge is 2.15. The predicted molar refractivity (Wildman–Crippen MR) is 45.0 cm³/mol. The lowest BCUT2D eigenvalue weighted by Gasteiger charge is -2.01. The van der Waals surface area contributed by atoms with Crippen LogP contribution in [0.4, 0.5) is 0 Å². The van der Waals surface area contributed by atoms with E-state index in [1.807, 2.05) is 5.38 Å². The van der Waals surface area contributed by atoms with Gasteiger partial charge in [0.2, 0.25) is 6.29 Å². The lowest BCUT2D eigenvalue weighted by atomic mass is 10.1. The van der Waals surface area contributed by atoms with E-state index in [-0.39, 0.29) is 6.42 Å². The van der Waals surface area contributed by atoms with Crippen LogP contribution in [0.1, 0.15) is 17.2 Å². The summed E-state index contributed by atoms with van der Waals surface area (Å²) in [6.45, 7) is 0. The van der Waals surface area contributed by atoms with Crippen LogP contribution in [-0.4, -0.2) is 17.4 Å². The Labute approximate surface area is 73.6 Å². The highest BCUT2D eigenvalue weighted by molar-refractivity contribution is 7.10. The minimum atomic E-state index is -0.975. The third-order valence-corrected chi connectivity index (χ3v) is 2.39. The van der Waals surface area contributed by atoms with Crippen LogP contribution in [-0.2, 0) is 9.59 Å². The summed E-state index contributed by atoms with van der Waals surface area (Å²) in [4.78, 5) is 21.4. The van der Waals surface area contributed by atoms with Crippen LogP contribution < -0.4 is 0 Å². The van der Waals surface area contributed by atoms with Gasteiger partial charge in [0.05, 0.1) is 12.3 Å². The summed E-state index contributed by atoms with van der Waals surface area (Å²) < 4.78 is 0. The molecule has 0 saturated heterocycles. The second-order valence-electron chi connectivity index (χ2n) is 2.28. The number of carbonyl (C=O) groups excluding carboxylic acids is 1. The van der Waals surface area contributed by atoms with E-state index in [4.69, 9.17) is 5.11 Å². The van der Waals surface area contributed by atoms with Crippen LogP contribution in [0.3, 0.4) is 0 Å². The van der Waals surface area contributed by atoms with E-state index in [2.05, 4.69) is 0 Å². The van der Waals surface area contributed by atoms with Crippen molar-refractivity contribution in [2.75, 3.05) is 0 Å².